The van der Waals surface area contributed by atoms with E-state index >= 15 is 0 Å². The number of hydrogen-bond acceptors (Lipinski definition) is 2. The molecule has 0 saturated heterocycles. The summed E-state index contributed by atoms with van der Waals surface area (Å²) in [6.45, 7) is 7.19. The maximum absolute atomic E-state index is 11.9. The van der Waals surface area contributed by atoms with Gasteiger partial charge in [0.05, 0.1) is 6.10 Å². The summed E-state index contributed by atoms with van der Waals surface area (Å²) >= 11 is 0. The maximum Gasteiger partial charge on any atom is 0.321 e. The Labute approximate surface area is 109 Å². The molecule has 4 nitrogen and oxygen atoms in total. The fourth-order valence-electron chi connectivity index (χ4n) is 1.72. The molecule has 0 radical (unpaired) electrons. The number of carbonyl (C=O) groups is 1. The zero-order valence-corrected chi connectivity index (χ0v) is 11.3. The van der Waals surface area contributed by atoms with Gasteiger partial charge >= 0.3 is 6.03 Å². The molecule has 0 heterocycles. The van der Waals surface area contributed by atoms with Crippen molar-refractivity contribution in [3.63, 3.8) is 0 Å². The van der Waals surface area contributed by atoms with Gasteiger partial charge in [0.15, 0.2) is 0 Å². The number of aliphatic hydroxyl groups excluding tert-OH is 1. The van der Waals surface area contributed by atoms with Crippen LogP contribution in [-0.4, -0.2) is 29.1 Å². The average Bonchev–Trinajstić information content (AvgIpc) is 2.36. The topological polar surface area (TPSA) is 52.6 Å². The van der Waals surface area contributed by atoms with Gasteiger partial charge in [-0.05, 0) is 38.0 Å². The molecule has 0 spiro atoms. The predicted molar refractivity (Wildman–Crippen MR) is 73.6 cm³/mol. The summed E-state index contributed by atoms with van der Waals surface area (Å²) in [6.07, 6.45) is 0.462. The van der Waals surface area contributed by atoms with Gasteiger partial charge < -0.3 is 15.3 Å². The minimum atomic E-state index is -0.484. The fraction of sp³-hybridized carbons (Fsp3) is 0.500. The Morgan fingerprint density at radius 1 is 1.33 bits per heavy atom. The van der Waals surface area contributed by atoms with Gasteiger partial charge in [-0.3, -0.25) is 0 Å². The van der Waals surface area contributed by atoms with Crippen LogP contribution in [0.3, 0.4) is 0 Å². The number of aliphatic hydroxyl groups is 1. The summed E-state index contributed by atoms with van der Waals surface area (Å²) in [4.78, 5) is 13.7. The minimum absolute atomic E-state index is 0.0795. The highest BCUT2D eigenvalue weighted by Crippen LogP contribution is 2.15. The highest BCUT2D eigenvalue weighted by molar-refractivity contribution is 5.89. The van der Waals surface area contributed by atoms with Crippen LogP contribution >= 0.6 is 0 Å². The van der Waals surface area contributed by atoms with Crippen molar-refractivity contribution in [2.75, 3.05) is 18.4 Å². The highest BCUT2D eigenvalue weighted by atomic mass is 16.3. The van der Waals surface area contributed by atoms with Crippen LogP contribution in [-0.2, 0) is 0 Å². The molecule has 100 valence electrons. The van der Waals surface area contributed by atoms with Crippen molar-refractivity contribution < 1.29 is 9.90 Å². The van der Waals surface area contributed by atoms with Crippen molar-refractivity contribution in [2.45, 2.75) is 33.3 Å². The SMILES string of the molecule is CCCN(CC)C(=O)Nc1ccc(C(C)O)cc1. The molecule has 0 bridgehead atoms. The number of carbonyl (C=O) groups excluding carboxylic acids is 1. The summed E-state index contributed by atoms with van der Waals surface area (Å²) in [5.74, 6) is 0. The quantitative estimate of drug-likeness (QED) is 0.844. The van der Waals surface area contributed by atoms with Crippen LogP contribution in [0.15, 0.2) is 24.3 Å². The molecule has 0 aromatic heterocycles. The molecule has 0 aliphatic heterocycles. The maximum atomic E-state index is 11.9. The van der Waals surface area contributed by atoms with Crippen molar-refractivity contribution in [1.82, 2.24) is 4.90 Å². The minimum Gasteiger partial charge on any atom is -0.389 e. The molecule has 1 unspecified atom stereocenters. The molecule has 0 aliphatic rings. The third kappa shape index (κ3) is 4.04. The number of anilines is 1. The number of nitrogens with zero attached hydrogens (tertiary/aromatic N) is 1. The van der Waals surface area contributed by atoms with Crippen LogP contribution in [0.5, 0.6) is 0 Å². The van der Waals surface area contributed by atoms with Gasteiger partial charge in [-0.15, -0.1) is 0 Å². The zero-order chi connectivity index (χ0) is 13.5. The van der Waals surface area contributed by atoms with Gasteiger partial charge in [0, 0.05) is 18.8 Å². The van der Waals surface area contributed by atoms with Crippen molar-refractivity contribution in [3.05, 3.63) is 29.8 Å². The van der Waals surface area contributed by atoms with E-state index in [-0.39, 0.29) is 6.03 Å². The van der Waals surface area contributed by atoms with Crippen molar-refractivity contribution in [3.8, 4) is 0 Å². The summed E-state index contributed by atoms with van der Waals surface area (Å²) in [6, 6.07) is 7.16. The Morgan fingerprint density at radius 2 is 1.94 bits per heavy atom. The fourth-order valence-corrected chi connectivity index (χ4v) is 1.72. The van der Waals surface area contributed by atoms with E-state index < -0.39 is 6.10 Å². The lowest BCUT2D eigenvalue weighted by Gasteiger charge is -2.20. The van der Waals surface area contributed by atoms with Gasteiger partial charge in [-0.1, -0.05) is 19.1 Å². The molecule has 1 aromatic carbocycles. The highest BCUT2D eigenvalue weighted by Gasteiger charge is 2.10. The Bertz CT molecular complexity index is 374. The van der Waals surface area contributed by atoms with Crippen LogP contribution in [0.2, 0.25) is 0 Å². The first-order chi connectivity index (χ1) is 8.58. The predicted octanol–water partition coefficient (Wildman–Crippen LogP) is 3.00. The normalized spacial score (nSPS) is 12.0. The smallest absolute Gasteiger partial charge is 0.321 e. The lowest BCUT2D eigenvalue weighted by molar-refractivity contribution is 0.199. The first-order valence-electron chi connectivity index (χ1n) is 6.42. The van der Waals surface area contributed by atoms with E-state index in [4.69, 9.17) is 0 Å². The monoisotopic (exact) mass is 250 g/mol. The van der Waals surface area contributed by atoms with Gasteiger partial charge in [-0.25, -0.2) is 4.79 Å². The van der Waals surface area contributed by atoms with E-state index in [1.807, 2.05) is 26.0 Å². The molecular formula is C14H22N2O2. The molecule has 0 aliphatic carbocycles. The van der Waals surface area contributed by atoms with Crippen LogP contribution < -0.4 is 5.32 Å². The summed E-state index contributed by atoms with van der Waals surface area (Å²) in [5, 5.41) is 12.2. The Hall–Kier alpha value is -1.55. The van der Waals surface area contributed by atoms with E-state index in [0.717, 1.165) is 24.2 Å². The zero-order valence-electron chi connectivity index (χ0n) is 11.3. The summed E-state index contributed by atoms with van der Waals surface area (Å²) in [5.41, 5.74) is 1.59. The van der Waals surface area contributed by atoms with Crippen LogP contribution in [0.4, 0.5) is 10.5 Å². The van der Waals surface area contributed by atoms with Crippen LogP contribution in [0, 0.1) is 0 Å². The Balaban J connectivity index is 2.63. The molecule has 0 saturated carbocycles. The van der Waals surface area contributed by atoms with Crippen molar-refractivity contribution >= 4 is 11.7 Å². The number of rotatable bonds is 5. The second-order valence-corrected chi connectivity index (χ2v) is 4.31. The number of nitrogens with one attached hydrogen (secondary N) is 1. The van der Waals surface area contributed by atoms with Gasteiger partial charge in [0.2, 0.25) is 0 Å². The first-order valence-corrected chi connectivity index (χ1v) is 6.42. The van der Waals surface area contributed by atoms with Crippen molar-refractivity contribution in [2.24, 2.45) is 0 Å². The second-order valence-electron chi connectivity index (χ2n) is 4.31. The van der Waals surface area contributed by atoms with Crippen LogP contribution in [0.1, 0.15) is 38.9 Å². The van der Waals surface area contributed by atoms with Gasteiger partial charge in [-0.2, -0.15) is 0 Å². The molecule has 1 atom stereocenters. The van der Waals surface area contributed by atoms with Crippen LogP contribution in [0.25, 0.3) is 0 Å². The average molecular weight is 250 g/mol. The lowest BCUT2D eigenvalue weighted by Crippen LogP contribution is -2.35. The molecule has 1 rings (SSSR count). The van der Waals surface area contributed by atoms with E-state index in [0.29, 0.717) is 6.54 Å². The second kappa shape index (κ2) is 7.01. The van der Waals surface area contributed by atoms with Gasteiger partial charge in [0.1, 0.15) is 0 Å². The van der Waals surface area contributed by atoms with E-state index in [9.17, 15) is 9.90 Å². The third-order valence-corrected chi connectivity index (χ3v) is 2.81. The molecule has 4 heteroatoms. The summed E-state index contributed by atoms with van der Waals surface area (Å²) < 4.78 is 0. The van der Waals surface area contributed by atoms with E-state index in [2.05, 4.69) is 5.32 Å². The Kier molecular flexibility index (Phi) is 5.65. The third-order valence-electron chi connectivity index (χ3n) is 2.81. The van der Waals surface area contributed by atoms with E-state index in [1.54, 1.807) is 24.0 Å². The molecule has 18 heavy (non-hydrogen) atoms. The lowest BCUT2D eigenvalue weighted by atomic mass is 10.1. The molecule has 2 amide bonds. The standard InChI is InChI=1S/C14H22N2O2/c1-4-10-16(5-2)14(18)15-13-8-6-12(7-9-13)11(3)17/h6-9,11,17H,4-5,10H2,1-3H3,(H,15,18). The van der Waals surface area contributed by atoms with E-state index in [1.165, 1.54) is 0 Å². The largest absolute Gasteiger partial charge is 0.389 e. The van der Waals surface area contributed by atoms with Gasteiger partial charge in [0.25, 0.3) is 0 Å². The molecule has 0 fully saturated rings. The number of amides is 2. The molecule has 2 N–H and O–H groups in total. The summed E-state index contributed by atoms with van der Waals surface area (Å²) in [7, 11) is 0. The molecular weight excluding hydrogens is 228 g/mol. The number of urea groups is 1. The Morgan fingerprint density at radius 3 is 2.39 bits per heavy atom. The first kappa shape index (κ1) is 14.5. The molecule has 1 aromatic rings. The number of benzene rings is 1. The van der Waals surface area contributed by atoms with Crippen molar-refractivity contribution in [1.29, 1.82) is 0 Å². The number of hydrogen-bond donors (Lipinski definition) is 2.